The number of nitrogen functional groups attached to an aromatic ring is 1. The molecule has 116 valence electrons. The van der Waals surface area contributed by atoms with Gasteiger partial charge in [0, 0.05) is 44.0 Å². The first-order valence-electron chi connectivity index (χ1n) is 7.78. The largest absolute Gasteiger partial charge is 0.368 e. The normalized spacial score (nSPS) is 17.5. The monoisotopic (exact) mass is 297 g/mol. The minimum atomic E-state index is 0.357. The lowest BCUT2D eigenvalue weighted by atomic mass is 10.1. The number of nitrogens with zero attached hydrogens (tertiary/aromatic N) is 4. The summed E-state index contributed by atoms with van der Waals surface area (Å²) in [5.41, 5.74) is 8.05. The summed E-state index contributed by atoms with van der Waals surface area (Å²) >= 11 is 0. The maximum Gasteiger partial charge on any atom is 0.222 e. The summed E-state index contributed by atoms with van der Waals surface area (Å²) in [6.45, 7) is 8.21. The van der Waals surface area contributed by atoms with Crippen LogP contribution in [0.3, 0.4) is 0 Å². The predicted molar refractivity (Wildman–Crippen MR) is 89.8 cm³/mol. The van der Waals surface area contributed by atoms with E-state index in [1.54, 1.807) is 0 Å². The Kier molecular flexibility index (Phi) is 4.24. The molecule has 0 radical (unpaired) electrons. The predicted octanol–water partition coefficient (Wildman–Crippen LogP) is 2.25. The molecule has 1 aromatic heterocycles. The third kappa shape index (κ3) is 3.20. The van der Waals surface area contributed by atoms with Crippen molar-refractivity contribution in [3.8, 4) is 0 Å². The molecule has 3 rings (SSSR count). The Morgan fingerprint density at radius 3 is 2.36 bits per heavy atom. The molecule has 2 heterocycles. The number of aromatic nitrogens is 2. The molecule has 0 unspecified atom stereocenters. The minimum Gasteiger partial charge on any atom is -0.368 e. The van der Waals surface area contributed by atoms with E-state index in [4.69, 9.17) is 5.73 Å². The summed E-state index contributed by atoms with van der Waals surface area (Å²) in [4.78, 5) is 13.3. The number of hydrogen-bond acceptors (Lipinski definition) is 5. The number of anilines is 2. The average Bonchev–Trinajstić information content (AvgIpc) is 2.54. The summed E-state index contributed by atoms with van der Waals surface area (Å²) in [5, 5.41) is 0. The van der Waals surface area contributed by atoms with E-state index in [2.05, 4.69) is 57.0 Å². The molecule has 0 spiro atoms. The number of piperazine rings is 1. The van der Waals surface area contributed by atoms with Gasteiger partial charge in [-0.1, -0.05) is 30.3 Å². The van der Waals surface area contributed by atoms with Crippen LogP contribution in [0.5, 0.6) is 0 Å². The van der Waals surface area contributed by atoms with E-state index in [1.807, 2.05) is 13.0 Å². The lowest BCUT2D eigenvalue weighted by Gasteiger charge is -2.38. The van der Waals surface area contributed by atoms with Crippen molar-refractivity contribution in [3.63, 3.8) is 0 Å². The maximum atomic E-state index is 5.76. The fraction of sp³-hybridized carbons (Fsp3) is 0.412. The van der Waals surface area contributed by atoms with E-state index in [0.29, 0.717) is 12.0 Å². The molecule has 2 N–H and O–H groups in total. The van der Waals surface area contributed by atoms with E-state index in [1.165, 1.54) is 5.56 Å². The van der Waals surface area contributed by atoms with Crippen molar-refractivity contribution in [2.24, 2.45) is 0 Å². The molecule has 1 aliphatic heterocycles. The van der Waals surface area contributed by atoms with Gasteiger partial charge in [-0.3, -0.25) is 4.90 Å². The van der Waals surface area contributed by atoms with Gasteiger partial charge in [0.15, 0.2) is 0 Å². The first-order valence-corrected chi connectivity index (χ1v) is 7.78. The van der Waals surface area contributed by atoms with Gasteiger partial charge in [-0.05, 0) is 19.4 Å². The fourth-order valence-electron chi connectivity index (χ4n) is 3.02. The number of hydrogen-bond donors (Lipinski definition) is 1. The van der Waals surface area contributed by atoms with Gasteiger partial charge in [-0.2, -0.15) is 4.98 Å². The zero-order valence-electron chi connectivity index (χ0n) is 13.2. The third-order valence-electron chi connectivity index (χ3n) is 4.33. The van der Waals surface area contributed by atoms with Crippen LogP contribution in [-0.4, -0.2) is 41.0 Å². The summed E-state index contributed by atoms with van der Waals surface area (Å²) < 4.78 is 0. The van der Waals surface area contributed by atoms with Gasteiger partial charge >= 0.3 is 0 Å². The first kappa shape index (κ1) is 14.8. The number of benzene rings is 1. The smallest absolute Gasteiger partial charge is 0.222 e. The molecule has 1 fully saturated rings. The van der Waals surface area contributed by atoms with Crippen LogP contribution in [0.15, 0.2) is 36.4 Å². The molecule has 22 heavy (non-hydrogen) atoms. The quantitative estimate of drug-likeness (QED) is 0.941. The highest BCUT2D eigenvalue weighted by molar-refractivity contribution is 5.43. The summed E-state index contributed by atoms with van der Waals surface area (Å²) in [7, 11) is 0. The van der Waals surface area contributed by atoms with Crippen molar-refractivity contribution in [3.05, 3.63) is 47.7 Å². The number of nitrogens with two attached hydrogens (primary N) is 1. The van der Waals surface area contributed by atoms with Crippen molar-refractivity contribution in [2.75, 3.05) is 36.8 Å². The maximum absolute atomic E-state index is 5.76. The Balaban J connectivity index is 1.65. The minimum absolute atomic E-state index is 0.357. The second-order valence-corrected chi connectivity index (χ2v) is 5.84. The highest BCUT2D eigenvalue weighted by Gasteiger charge is 2.23. The van der Waals surface area contributed by atoms with E-state index in [-0.39, 0.29) is 0 Å². The highest BCUT2D eigenvalue weighted by atomic mass is 15.3. The van der Waals surface area contributed by atoms with E-state index in [9.17, 15) is 0 Å². The molecule has 0 bridgehead atoms. The second-order valence-electron chi connectivity index (χ2n) is 5.84. The summed E-state index contributed by atoms with van der Waals surface area (Å²) in [6.07, 6.45) is 0. The molecule has 0 saturated carbocycles. The second kappa shape index (κ2) is 6.32. The van der Waals surface area contributed by atoms with E-state index >= 15 is 0 Å². The van der Waals surface area contributed by atoms with Gasteiger partial charge in [-0.25, -0.2) is 4.98 Å². The fourth-order valence-corrected chi connectivity index (χ4v) is 3.02. The molecule has 0 amide bonds. The first-order chi connectivity index (χ1) is 10.6. The Morgan fingerprint density at radius 1 is 1.05 bits per heavy atom. The Morgan fingerprint density at radius 2 is 1.73 bits per heavy atom. The van der Waals surface area contributed by atoms with Crippen molar-refractivity contribution in [2.45, 2.75) is 19.9 Å². The number of aryl methyl sites for hydroxylation is 1. The van der Waals surface area contributed by atoms with Crippen LogP contribution in [0.25, 0.3) is 0 Å². The van der Waals surface area contributed by atoms with E-state index < -0.39 is 0 Å². The zero-order chi connectivity index (χ0) is 15.5. The van der Waals surface area contributed by atoms with Crippen LogP contribution in [0.1, 0.15) is 24.2 Å². The van der Waals surface area contributed by atoms with Crippen LogP contribution in [-0.2, 0) is 0 Å². The van der Waals surface area contributed by atoms with Gasteiger partial charge in [-0.15, -0.1) is 0 Å². The van der Waals surface area contributed by atoms with Crippen molar-refractivity contribution >= 4 is 11.8 Å². The summed E-state index contributed by atoms with van der Waals surface area (Å²) in [5.74, 6) is 1.30. The Bertz CT molecular complexity index is 600. The molecular formula is C17H23N5. The lowest BCUT2D eigenvalue weighted by Crippen LogP contribution is -2.47. The molecule has 1 aromatic carbocycles. The van der Waals surface area contributed by atoms with Crippen LogP contribution in [0, 0.1) is 6.92 Å². The van der Waals surface area contributed by atoms with Gasteiger partial charge in [0.1, 0.15) is 5.82 Å². The van der Waals surface area contributed by atoms with Crippen molar-refractivity contribution < 1.29 is 0 Å². The molecule has 2 aromatic rings. The lowest BCUT2D eigenvalue weighted by molar-refractivity contribution is 0.198. The van der Waals surface area contributed by atoms with Gasteiger partial charge in [0.05, 0.1) is 0 Å². The third-order valence-corrected chi connectivity index (χ3v) is 4.33. The molecule has 1 aliphatic rings. The Labute approximate surface area is 131 Å². The van der Waals surface area contributed by atoms with Crippen LogP contribution in [0.2, 0.25) is 0 Å². The molecule has 5 heteroatoms. The summed E-state index contributed by atoms with van der Waals surface area (Å²) in [6, 6.07) is 13.1. The topological polar surface area (TPSA) is 58.3 Å². The standard InChI is InChI=1S/C17H23N5/c1-13-12-16(20-17(18)19-13)22-10-8-21(9-11-22)14(2)15-6-4-3-5-7-15/h3-7,12,14H,8-11H2,1-2H3,(H2,18,19,20)/t14-/m0/s1. The Hall–Kier alpha value is -2.14. The van der Waals surface area contributed by atoms with E-state index in [0.717, 1.165) is 37.7 Å². The molecule has 1 atom stereocenters. The van der Waals surface area contributed by atoms with Gasteiger partial charge < -0.3 is 10.6 Å². The zero-order valence-corrected chi connectivity index (χ0v) is 13.2. The molecule has 5 nitrogen and oxygen atoms in total. The van der Waals surface area contributed by atoms with Gasteiger partial charge in [0.25, 0.3) is 0 Å². The highest BCUT2D eigenvalue weighted by Crippen LogP contribution is 2.23. The van der Waals surface area contributed by atoms with Crippen LogP contribution < -0.4 is 10.6 Å². The van der Waals surface area contributed by atoms with Crippen LogP contribution >= 0.6 is 0 Å². The SMILES string of the molecule is Cc1cc(N2CCN([C@@H](C)c3ccccc3)CC2)nc(N)n1. The van der Waals surface area contributed by atoms with Gasteiger partial charge in [0.2, 0.25) is 5.95 Å². The number of rotatable bonds is 3. The molecular weight excluding hydrogens is 274 g/mol. The van der Waals surface area contributed by atoms with Crippen molar-refractivity contribution in [1.82, 2.24) is 14.9 Å². The molecule has 0 aliphatic carbocycles. The average molecular weight is 297 g/mol. The molecule has 1 saturated heterocycles. The van der Waals surface area contributed by atoms with Crippen LogP contribution in [0.4, 0.5) is 11.8 Å². The van der Waals surface area contributed by atoms with Crippen molar-refractivity contribution in [1.29, 1.82) is 0 Å².